The van der Waals surface area contributed by atoms with Crippen molar-refractivity contribution in [3.05, 3.63) is 23.4 Å². The minimum atomic E-state index is -1.17. The van der Waals surface area contributed by atoms with Crippen molar-refractivity contribution in [1.29, 1.82) is 0 Å². The van der Waals surface area contributed by atoms with E-state index in [1.54, 1.807) is 32.9 Å². The molecule has 6 atom stereocenters. The molecule has 5 N–H and O–H groups in total. The highest BCUT2D eigenvalue weighted by Crippen LogP contribution is 2.30. The van der Waals surface area contributed by atoms with Crippen molar-refractivity contribution in [2.45, 2.75) is 141 Å². The van der Waals surface area contributed by atoms with Gasteiger partial charge in [0.25, 0.3) is 5.91 Å². The minimum Gasteiger partial charge on any atom is -0.472 e. The summed E-state index contributed by atoms with van der Waals surface area (Å²) in [4.78, 5) is 99.5. The second kappa shape index (κ2) is 19.4. The molecule has 0 spiro atoms. The summed E-state index contributed by atoms with van der Waals surface area (Å²) in [6.45, 7) is 8.57. The van der Waals surface area contributed by atoms with Crippen LogP contribution in [0.15, 0.2) is 18.3 Å². The van der Waals surface area contributed by atoms with E-state index >= 15 is 0 Å². The van der Waals surface area contributed by atoms with Gasteiger partial charge < -0.3 is 41.0 Å². The number of likely N-dealkylation sites (tertiary alicyclic amines) is 1. The predicted molar refractivity (Wildman–Crippen MR) is 202 cm³/mol. The van der Waals surface area contributed by atoms with Crippen LogP contribution in [-0.4, -0.2) is 107 Å². The fraction of sp³-hybridized carbons (Fsp3) is 0.684. The number of ether oxygens (including phenoxy) is 2. The first kappa shape index (κ1) is 43.3. The Labute approximate surface area is 327 Å². The average molecular weight is 790 g/mol. The third kappa shape index (κ3) is 12.3. The molecule has 4 rings (SSSR count). The van der Waals surface area contributed by atoms with Gasteiger partial charge in [0.2, 0.25) is 35.3 Å². The van der Waals surface area contributed by atoms with Crippen LogP contribution in [0, 0.1) is 11.3 Å². The Morgan fingerprint density at radius 1 is 0.945 bits per heavy atom. The molecule has 3 aliphatic rings. The van der Waals surface area contributed by atoms with Crippen LogP contribution in [0.3, 0.4) is 0 Å². The number of hydrogen-bond donors (Lipinski definition) is 5. The number of halogens is 1. The number of ketones is 1. The Hall–Kier alpha value is -4.47. The molecule has 1 saturated heterocycles. The average Bonchev–Trinajstić information content (AvgIpc) is 3.87. The molecule has 2 saturated carbocycles. The zero-order valence-corrected chi connectivity index (χ0v) is 33.3. The number of hydrogen-bond acceptors (Lipinski definition) is 10. The summed E-state index contributed by atoms with van der Waals surface area (Å²) in [7, 11) is 1.18. The summed E-state index contributed by atoms with van der Waals surface area (Å²) in [5.41, 5.74) is -0.882. The molecule has 1 aliphatic heterocycles. The van der Waals surface area contributed by atoms with Crippen LogP contribution in [-0.2, 0) is 33.5 Å². The van der Waals surface area contributed by atoms with Crippen molar-refractivity contribution < 1.29 is 43.0 Å². The lowest BCUT2D eigenvalue weighted by Gasteiger charge is -2.37. The number of rotatable bonds is 16. The van der Waals surface area contributed by atoms with E-state index in [-0.39, 0.29) is 37.2 Å². The highest BCUT2D eigenvalue weighted by molar-refractivity contribution is 6.38. The molecular weight excluding hydrogens is 734 g/mol. The number of carbonyl (C=O) groups excluding carboxylic acids is 7. The molecule has 3 fully saturated rings. The first-order chi connectivity index (χ1) is 26.0. The second-order valence-electron chi connectivity index (χ2n) is 15.8. The molecule has 0 unspecified atom stereocenters. The molecule has 0 radical (unpaired) electrons. The molecule has 0 aromatic carbocycles. The van der Waals surface area contributed by atoms with Gasteiger partial charge in [-0.3, -0.25) is 28.8 Å². The second-order valence-corrected chi connectivity index (χ2v) is 16.2. The maximum atomic E-state index is 14.7. The maximum Gasteiger partial charge on any atom is 0.407 e. The van der Waals surface area contributed by atoms with Crippen LogP contribution in [0.2, 0.25) is 5.02 Å². The molecule has 2 aliphatic carbocycles. The molecule has 0 bridgehead atoms. The standard InChI is InChI=1S/C38H56ClN7O9/c1-7-11-26(30(47)35(51)42-24-15-16-24)43-33(49)27-18-25(55-28-17-14-23(39)19-40-28)20-46(27)36(52)31(38(3,4)5)45-34(50)29(22-12-9-8-10-13-22)44-32(48)21(2)41-37(53)54-6/h14,17,19,21-22,24-27,29,31H,7-13,15-16,18,20H2,1-6H3,(H,41,53)(H,42,51)(H,43,49)(H,44,48)(H,45,50)/t21-,25+,26-,27-,29-,31+/m0/s1. The van der Waals surface area contributed by atoms with Crippen LogP contribution in [0.25, 0.3) is 0 Å². The van der Waals surface area contributed by atoms with E-state index in [2.05, 4.69) is 36.3 Å². The number of aromatic nitrogens is 1. The molecule has 6 amide bonds. The van der Waals surface area contributed by atoms with Crippen LogP contribution in [0.5, 0.6) is 5.88 Å². The van der Waals surface area contributed by atoms with E-state index in [0.717, 1.165) is 32.1 Å². The van der Waals surface area contributed by atoms with Gasteiger partial charge in [0.15, 0.2) is 0 Å². The van der Waals surface area contributed by atoms with E-state index in [0.29, 0.717) is 24.3 Å². The largest absolute Gasteiger partial charge is 0.472 e. The lowest BCUT2D eigenvalue weighted by Crippen LogP contribution is -2.62. The maximum absolute atomic E-state index is 14.7. The van der Waals surface area contributed by atoms with Crippen molar-refractivity contribution in [2.75, 3.05) is 13.7 Å². The Balaban J connectivity index is 1.60. The Bertz CT molecular complexity index is 1560. The lowest BCUT2D eigenvalue weighted by molar-refractivity contribution is -0.145. The molecule has 1 aromatic rings. The van der Waals surface area contributed by atoms with E-state index in [4.69, 9.17) is 16.3 Å². The topological polar surface area (TPSA) is 214 Å². The van der Waals surface area contributed by atoms with Gasteiger partial charge in [0.05, 0.1) is 24.7 Å². The summed E-state index contributed by atoms with van der Waals surface area (Å²) in [6, 6.07) is -2.33. The number of carbonyl (C=O) groups is 7. The van der Waals surface area contributed by atoms with E-state index in [9.17, 15) is 33.6 Å². The van der Waals surface area contributed by atoms with E-state index in [1.807, 2.05) is 6.92 Å². The number of pyridine rings is 1. The van der Waals surface area contributed by atoms with Crippen LogP contribution in [0.1, 0.15) is 98.8 Å². The SMILES string of the molecule is CCC[C@H](NC(=O)[C@@H]1C[C@@H](Oc2ccc(Cl)cn2)CN1C(=O)[C@@H](NC(=O)[C@@H](NC(=O)[C@H](C)NC(=O)OC)C1CCCCC1)C(C)(C)C)C(=O)C(=O)NC1CC1. The molecule has 55 heavy (non-hydrogen) atoms. The Morgan fingerprint density at radius 2 is 1.64 bits per heavy atom. The normalized spacial score (nSPS) is 20.9. The van der Waals surface area contributed by atoms with Gasteiger partial charge in [0, 0.05) is 24.7 Å². The monoisotopic (exact) mass is 789 g/mol. The zero-order valence-electron chi connectivity index (χ0n) is 32.6. The molecule has 17 heteroatoms. The van der Waals surface area contributed by atoms with Crippen LogP contribution >= 0.6 is 11.6 Å². The summed E-state index contributed by atoms with van der Waals surface area (Å²) < 4.78 is 10.7. The third-order valence-corrected chi connectivity index (χ3v) is 10.4. The molecule has 304 valence electrons. The first-order valence-corrected chi connectivity index (χ1v) is 19.6. The van der Waals surface area contributed by atoms with Gasteiger partial charge in [-0.25, -0.2) is 9.78 Å². The number of methoxy groups -OCH3 is 1. The number of alkyl carbamates (subject to hydrolysis) is 1. The first-order valence-electron chi connectivity index (χ1n) is 19.2. The van der Waals surface area contributed by atoms with Crippen molar-refractivity contribution in [1.82, 2.24) is 36.5 Å². The van der Waals surface area contributed by atoms with Gasteiger partial charge in [-0.1, -0.05) is 65.0 Å². The van der Waals surface area contributed by atoms with Crippen molar-refractivity contribution >= 4 is 53.0 Å². The number of Topliss-reactive ketones (excluding diaryl/α,β-unsaturated/α-hetero) is 1. The van der Waals surface area contributed by atoms with E-state index < -0.39 is 83.1 Å². The van der Waals surface area contributed by atoms with E-state index in [1.165, 1.54) is 25.1 Å². The van der Waals surface area contributed by atoms with Crippen molar-refractivity contribution in [2.24, 2.45) is 11.3 Å². The number of nitrogens with one attached hydrogen (secondary N) is 5. The smallest absolute Gasteiger partial charge is 0.407 e. The zero-order chi connectivity index (χ0) is 40.4. The molecule has 1 aromatic heterocycles. The van der Waals surface area contributed by atoms with Gasteiger partial charge in [-0.05, 0) is 56.4 Å². The number of amides is 6. The third-order valence-electron chi connectivity index (χ3n) is 10.2. The van der Waals surface area contributed by atoms with Gasteiger partial charge >= 0.3 is 6.09 Å². The highest BCUT2D eigenvalue weighted by atomic mass is 35.5. The van der Waals surface area contributed by atoms with Gasteiger partial charge in [-0.2, -0.15) is 0 Å². The molecule has 2 heterocycles. The van der Waals surface area contributed by atoms with Crippen molar-refractivity contribution in [3.8, 4) is 5.88 Å². The lowest BCUT2D eigenvalue weighted by atomic mass is 9.82. The number of nitrogens with zero attached hydrogens (tertiary/aromatic N) is 2. The van der Waals surface area contributed by atoms with Gasteiger partial charge in [0.1, 0.15) is 30.3 Å². The highest BCUT2D eigenvalue weighted by Gasteiger charge is 2.47. The quantitative estimate of drug-likeness (QED) is 0.154. The fourth-order valence-electron chi connectivity index (χ4n) is 6.94. The Kier molecular flexibility index (Phi) is 15.3. The van der Waals surface area contributed by atoms with Gasteiger partial charge in [-0.15, -0.1) is 0 Å². The van der Waals surface area contributed by atoms with Crippen molar-refractivity contribution in [3.63, 3.8) is 0 Å². The summed E-state index contributed by atoms with van der Waals surface area (Å²) in [6.07, 6.45) is 6.28. The Morgan fingerprint density at radius 3 is 2.22 bits per heavy atom. The summed E-state index contributed by atoms with van der Waals surface area (Å²) >= 11 is 6.01. The fourth-order valence-corrected chi connectivity index (χ4v) is 7.05. The molecule has 16 nitrogen and oxygen atoms in total. The van der Waals surface area contributed by atoms with Crippen LogP contribution < -0.4 is 31.3 Å². The minimum absolute atomic E-state index is 0.0276. The molecular formula is C38H56ClN7O9. The predicted octanol–water partition coefficient (Wildman–Crippen LogP) is 2.56. The summed E-state index contributed by atoms with van der Waals surface area (Å²) in [5, 5.41) is 13.9. The summed E-state index contributed by atoms with van der Waals surface area (Å²) in [5.74, 6) is -3.91. The van der Waals surface area contributed by atoms with Crippen LogP contribution in [0.4, 0.5) is 4.79 Å².